The SMILES string of the molecule is CCNC1CCCNC1O. The van der Waals surface area contributed by atoms with E-state index in [1.807, 2.05) is 0 Å². The molecule has 1 aliphatic rings. The lowest BCUT2D eigenvalue weighted by Crippen LogP contribution is -2.51. The quantitative estimate of drug-likeness (QED) is 0.497. The minimum atomic E-state index is -0.339. The predicted molar refractivity (Wildman–Crippen MR) is 40.7 cm³/mol. The van der Waals surface area contributed by atoms with Gasteiger partial charge >= 0.3 is 0 Å². The van der Waals surface area contributed by atoms with Crippen LogP contribution in [0.3, 0.4) is 0 Å². The van der Waals surface area contributed by atoms with Crippen molar-refractivity contribution >= 4 is 0 Å². The molecule has 0 radical (unpaired) electrons. The molecule has 3 N–H and O–H groups in total. The Morgan fingerprint density at radius 1 is 1.70 bits per heavy atom. The van der Waals surface area contributed by atoms with Crippen LogP contribution in [-0.4, -0.2) is 30.5 Å². The molecule has 0 aromatic carbocycles. The molecule has 1 fully saturated rings. The van der Waals surface area contributed by atoms with Gasteiger partial charge in [-0.05, 0) is 25.9 Å². The Labute approximate surface area is 61.8 Å². The molecule has 0 amide bonds. The molecule has 10 heavy (non-hydrogen) atoms. The van der Waals surface area contributed by atoms with Crippen molar-refractivity contribution in [3.05, 3.63) is 0 Å². The first kappa shape index (κ1) is 7.98. The van der Waals surface area contributed by atoms with E-state index in [2.05, 4.69) is 17.6 Å². The van der Waals surface area contributed by atoms with E-state index in [4.69, 9.17) is 0 Å². The number of nitrogens with one attached hydrogen (secondary N) is 2. The normalized spacial score (nSPS) is 34.2. The first-order chi connectivity index (χ1) is 4.84. The van der Waals surface area contributed by atoms with E-state index in [1.54, 1.807) is 0 Å². The number of hydrogen-bond acceptors (Lipinski definition) is 3. The van der Waals surface area contributed by atoms with E-state index in [1.165, 1.54) is 0 Å². The summed E-state index contributed by atoms with van der Waals surface area (Å²) in [7, 11) is 0. The standard InChI is InChI=1S/C7H16N2O/c1-2-8-6-4-3-5-9-7(6)10/h6-10H,2-5H2,1H3. The van der Waals surface area contributed by atoms with Gasteiger partial charge in [-0.2, -0.15) is 0 Å². The maximum absolute atomic E-state index is 9.33. The highest BCUT2D eigenvalue weighted by atomic mass is 16.3. The van der Waals surface area contributed by atoms with Gasteiger partial charge in [0.15, 0.2) is 0 Å². The third kappa shape index (κ3) is 1.94. The van der Waals surface area contributed by atoms with Gasteiger partial charge in [0, 0.05) is 6.04 Å². The summed E-state index contributed by atoms with van der Waals surface area (Å²) in [5, 5.41) is 15.6. The maximum atomic E-state index is 9.33. The van der Waals surface area contributed by atoms with E-state index >= 15 is 0 Å². The highest BCUT2D eigenvalue weighted by molar-refractivity contribution is 4.78. The minimum Gasteiger partial charge on any atom is -0.377 e. The molecule has 1 saturated heterocycles. The van der Waals surface area contributed by atoms with Crippen LogP contribution < -0.4 is 10.6 Å². The molecule has 3 nitrogen and oxygen atoms in total. The lowest BCUT2D eigenvalue weighted by molar-refractivity contribution is 0.0716. The molecule has 0 aromatic heterocycles. The molecule has 0 spiro atoms. The summed E-state index contributed by atoms with van der Waals surface area (Å²) in [6.07, 6.45) is 1.91. The van der Waals surface area contributed by atoms with Crippen molar-refractivity contribution in [1.82, 2.24) is 10.6 Å². The van der Waals surface area contributed by atoms with Crippen LogP contribution in [0.1, 0.15) is 19.8 Å². The summed E-state index contributed by atoms with van der Waals surface area (Å²) < 4.78 is 0. The fourth-order valence-electron chi connectivity index (χ4n) is 1.35. The third-order valence-corrected chi connectivity index (χ3v) is 1.89. The summed E-state index contributed by atoms with van der Waals surface area (Å²) in [6, 6.07) is 0.263. The highest BCUT2D eigenvalue weighted by Crippen LogP contribution is 2.05. The van der Waals surface area contributed by atoms with Gasteiger partial charge in [0.2, 0.25) is 0 Å². The first-order valence-corrected chi connectivity index (χ1v) is 3.99. The Morgan fingerprint density at radius 2 is 2.50 bits per heavy atom. The van der Waals surface area contributed by atoms with Crippen LogP contribution in [0.25, 0.3) is 0 Å². The Kier molecular flexibility index (Phi) is 3.12. The van der Waals surface area contributed by atoms with Gasteiger partial charge in [-0.1, -0.05) is 6.92 Å². The number of piperidine rings is 1. The predicted octanol–water partition coefficient (Wildman–Crippen LogP) is -0.334. The number of rotatable bonds is 2. The van der Waals surface area contributed by atoms with Crippen molar-refractivity contribution < 1.29 is 5.11 Å². The van der Waals surface area contributed by atoms with Crippen LogP contribution in [-0.2, 0) is 0 Å². The Morgan fingerprint density at radius 3 is 3.10 bits per heavy atom. The van der Waals surface area contributed by atoms with Crippen molar-refractivity contribution in [1.29, 1.82) is 0 Å². The average molecular weight is 144 g/mol. The van der Waals surface area contributed by atoms with Crippen LogP contribution in [0.5, 0.6) is 0 Å². The van der Waals surface area contributed by atoms with E-state index < -0.39 is 0 Å². The van der Waals surface area contributed by atoms with Crippen LogP contribution in [0.15, 0.2) is 0 Å². The molecule has 0 bridgehead atoms. The topological polar surface area (TPSA) is 44.3 Å². The first-order valence-electron chi connectivity index (χ1n) is 3.99. The van der Waals surface area contributed by atoms with Crippen molar-refractivity contribution in [2.24, 2.45) is 0 Å². The highest BCUT2D eigenvalue weighted by Gasteiger charge is 2.20. The number of hydrogen-bond donors (Lipinski definition) is 3. The van der Waals surface area contributed by atoms with Gasteiger partial charge in [0.05, 0.1) is 0 Å². The van der Waals surface area contributed by atoms with Crippen LogP contribution >= 0.6 is 0 Å². The van der Waals surface area contributed by atoms with Gasteiger partial charge in [-0.25, -0.2) is 0 Å². The Hall–Kier alpha value is -0.120. The zero-order valence-corrected chi connectivity index (χ0v) is 6.43. The molecule has 2 atom stereocenters. The van der Waals surface area contributed by atoms with Crippen molar-refractivity contribution in [2.75, 3.05) is 13.1 Å². The largest absolute Gasteiger partial charge is 0.377 e. The molecule has 0 aromatic rings. The van der Waals surface area contributed by atoms with E-state index in [0.717, 1.165) is 25.9 Å². The molecule has 0 saturated carbocycles. The molecule has 0 aliphatic carbocycles. The fourth-order valence-corrected chi connectivity index (χ4v) is 1.35. The summed E-state index contributed by atoms with van der Waals surface area (Å²) in [5.41, 5.74) is 0. The smallest absolute Gasteiger partial charge is 0.120 e. The second-order valence-electron chi connectivity index (χ2n) is 2.71. The Balaban J connectivity index is 2.25. The zero-order valence-electron chi connectivity index (χ0n) is 6.43. The number of aliphatic hydroxyl groups is 1. The van der Waals surface area contributed by atoms with Crippen molar-refractivity contribution in [3.63, 3.8) is 0 Å². The second kappa shape index (κ2) is 3.91. The van der Waals surface area contributed by atoms with Gasteiger partial charge in [-0.15, -0.1) is 0 Å². The van der Waals surface area contributed by atoms with Crippen LogP contribution in [0.2, 0.25) is 0 Å². The summed E-state index contributed by atoms with van der Waals surface area (Å²) in [6.45, 7) is 3.94. The van der Waals surface area contributed by atoms with Crippen molar-refractivity contribution in [3.8, 4) is 0 Å². The number of likely N-dealkylation sites (N-methyl/N-ethyl adjacent to an activating group) is 1. The lowest BCUT2D eigenvalue weighted by atomic mass is 10.1. The van der Waals surface area contributed by atoms with Gasteiger partial charge < -0.3 is 10.4 Å². The maximum Gasteiger partial charge on any atom is 0.120 e. The molecule has 3 heteroatoms. The van der Waals surface area contributed by atoms with Crippen LogP contribution in [0.4, 0.5) is 0 Å². The van der Waals surface area contributed by atoms with E-state index in [9.17, 15) is 5.11 Å². The molecule has 1 heterocycles. The Bertz CT molecular complexity index is 95.6. The summed E-state index contributed by atoms with van der Waals surface area (Å²) >= 11 is 0. The van der Waals surface area contributed by atoms with E-state index in [-0.39, 0.29) is 12.3 Å². The number of aliphatic hydroxyl groups excluding tert-OH is 1. The van der Waals surface area contributed by atoms with E-state index in [0.29, 0.717) is 0 Å². The van der Waals surface area contributed by atoms with Gasteiger partial charge in [-0.3, -0.25) is 5.32 Å². The lowest BCUT2D eigenvalue weighted by Gasteiger charge is -2.28. The molecular weight excluding hydrogens is 128 g/mol. The molecule has 2 unspecified atom stereocenters. The summed E-state index contributed by atoms with van der Waals surface area (Å²) in [5.74, 6) is 0. The molecule has 1 rings (SSSR count). The summed E-state index contributed by atoms with van der Waals surface area (Å²) in [4.78, 5) is 0. The van der Waals surface area contributed by atoms with Gasteiger partial charge in [0.25, 0.3) is 0 Å². The second-order valence-corrected chi connectivity index (χ2v) is 2.71. The molecular formula is C7H16N2O. The van der Waals surface area contributed by atoms with Gasteiger partial charge in [0.1, 0.15) is 6.23 Å². The molecule has 60 valence electrons. The minimum absolute atomic E-state index is 0.263. The zero-order chi connectivity index (χ0) is 7.40. The van der Waals surface area contributed by atoms with Crippen molar-refractivity contribution in [2.45, 2.75) is 32.0 Å². The monoisotopic (exact) mass is 144 g/mol. The van der Waals surface area contributed by atoms with Crippen LogP contribution in [0, 0.1) is 0 Å². The average Bonchev–Trinajstić information content (AvgIpc) is 1.94. The third-order valence-electron chi connectivity index (χ3n) is 1.89. The fraction of sp³-hybridized carbons (Fsp3) is 1.00. The molecule has 1 aliphatic heterocycles.